The standard InChI is InChI=1S/C18H22N2O6S/c1-16(2,23)18(17(3,4)27-14-9-13(21)19(14)18)15(22)26-10-11-5-7-12(8-6-11)20(24)25/h5-8,14,23H,9-10H2,1-4H3/t14-,18-/m1/s1. The number of rotatable bonds is 5. The van der Waals surface area contributed by atoms with Gasteiger partial charge >= 0.3 is 5.97 Å². The van der Waals surface area contributed by atoms with Gasteiger partial charge in [-0.15, -0.1) is 11.8 Å². The fourth-order valence-electron chi connectivity index (χ4n) is 4.19. The lowest BCUT2D eigenvalue weighted by molar-refractivity contribution is -0.384. The van der Waals surface area contributed by atoms with E-state index in [-0.39, 0.29) is 23.6 Å². The summed E-state index contributed by atoms with van der Waals surface area (Å²) in [5.74, 6) is -0.867. The maximum absolute atomic E-state index is 13.2. The molecule has 1 aromatic rings. The van der Waals surface area contributed by atoms with Gasteiger partial charge in [0.1, 0.15) is 6.61 Å². The molecule has 2 aliphatic rings. The third-order valence-electron chi connectivity index (χ3n) is 5.27. The highest BCUT2D eigenvalue weighted by molar-refractivity contribution is 8.01. The van der Waals surface area contributed by atoms with Gasteiger partial charge in [0.05, 0.1) is 22.3 Å². The summed E-state index contributed by atoms with van der Waals surface area (Å²) in [7, 11) is 0. The number of carbonyl (C=O) groups is 2. The summed E-state index contributed by atoms with van der Waals surface area (Å²) in [4.78, 5) is 37.2. The van der Waals surface area contributed by atoms with E-state index in [4.69, 9.17) is 4.74 Å². The monoisotopic (exact) mass is 394 g/mol. The van der Waals surface area contributed by atoms with Crippen molar-refractivity contribution in [3.63, 3.8) is 0 Å². The molecule has 2 atom stereocenters. The van der Waals surface area contributed by atoms with E-state index < -0.39 is 26.8 Å². The summed E-state index contributed by atoms with van der Waals surface area (Å²) in [5, 5.41) is 21.5. The number of hydrogen-bond acceptors (Lipinski definition) is 7. The van der Waals surface area contributed by atoms with E-state index in [1.165, 1.54) is 54.8 Å². The SMILES string of the molecule is CC(C)(O)[C@@]1(C(=O)OCc2ccc([N+](=O)[O-])cc2)N2C(=O)C[C@H]2SC1(C)C. The van der Waals surface area contributed by atoms with Gasteiger partial charge in [0, 0.05) is 16.9 Å². The van der Waals surface area contributed by atoms with E-state index in [0.29, 0.717) is 12.0 Å². The third kappa shape index (κ3) is 2.80. The zero-order valence-corrected chi connectivity index (χ0v) is 16.4. The van der Waals surface area contributed by atoms with Crippen LogP contribution in [-0.2, 0) is 20.9 Å². The molecule has 1 amide bonds. The quantitative estimate of drug-likeness (QED) is 0.353. The number of esters is 1. The summed E-state index contributed by atoms with van der Waals surface area (Å²) in [6.45, 7) is 6.57. The number of nitro benzene ring substituents is 1. The summed E-state index contributed by atoms with van der Waals surface area (Å²) in [6.07, 6.45) is 0.335. The van der Waals surface area contributed by atoms with Crippen LogP contribution in [0.25, 0.3) is 0 Å². The highest BCUT2D eigenvalue weighted by atomic mass is 32.2. The molecule has 1 N–H and O–H groups in total. The Morgan fingerprint density at radius 1 is 1.41 bits per heavy atom. The molecule has 146 valence electrons. The predicted octanol–water partition coefficient (Wildman–Crippen LogP) is 2.23. The number of fused-ring (bicyclic) bond motifs is 1. The Balaban J connectivity index is 1.87. The number of non-ortho nitro benzene ring substituents is 1. The predicted molar refractivity (Wildman–Crippen MR) is 98.8 cm³/mol. The molecule has 27 heavy (non-hydrogen) atoms. The fourth-order valence-corrected chi connectivity index (χ4v) is 6.08. The molecule has 0 spiro atoms. The molecule has 2 heterocycles. The zero-order chi connectivity index (χ0) is 20.2. The zero-order valence-electron chi connectivity index (χ0n) is 15.6. The Kier molecular flexibility index (Phi) is 4.51. The van der Waals surface area contributed by atoms with Gasteiger partial charge < -0.3 is 14.7 Å². The summed E-state index contributed by atoms with van der Waals surface area (Å²) >= 11 is 1.48. The largest absolute Gasteiger partial charge is 0.459 e. The highest BCUT2D eigenvalue weighted by Gasteiger charge is 2.75. The number of hydrogen-bond donors (Lipinski definition) is 1. The van der Waals surface area contributed by atoms with Crippen molar-refractivity contribution in [3.8, 4) is 0 Å². The first-order valence-electron chi connectivity index (χ1n) is 8.55. The number of benzene rings is 1. The third-order valence-corrected chi connectivity index (χ3v) is 6.80. The van der Waals surface area contributed by atoms with Crippen molar-refractivity contribution in [3.05, 3.63) is 39.9 Å². The fraction of sp³-hybridized carbons (Fsp3) is 0.556. The van der Waals surface area contributed by atoms with Crippen LogP contribution in [0.2, 0.25) is 0 Å². The number of amides is 1. The first-order chi connectivity index (χ1) is 12.4. The van der Waals surface area contributed by atoms with Gasteiger partial charge in [-0.2, -0.15) is 0 Å². The number of carbonyl (C=O) groups excluding carboxylic acids is 2. The minimum Gasteiger partial charge on any atom is -0.459 e. The molecule has 2 fully saturated rings. The van der Waals surface area contributed by atoms with Crippen LogP contribution in [0.4, 0.5) is 5.69 Å². The second-order valence-corrected chi connectivity index (χ2v) is 9.62. The molecular formula is C18H22N2O6S. The van der Waals surface area contributed by atoms with Crippen molar-refractivity contribution in [2.75, 3.05) is 0 Å². The molecule has 0 bridgehead atoms. The molecule has 0 unspecified atom stereocenters. The Hall–Kier alpha value is -2.13. The minimum absolute atomic E-state index is 0.0552. The number of ether oxygens (including phenoxy) is 1. The topological polar surface area (TPSA) is 110 Å². The Morgan fingerprint density at radius 2 is 2.00 bits per heavy atom. The van der Waals surface area contributed by atoms with Gasteiger partial charge in [0.25, 0.3) is 5.69 Å². The molecule has 0 aromatic heterocycles. The van der Waals surface area contributed by atoms with Crippen LogP contribution >= 0.6 is 11.8 Å². The van der Waals surface area contributed by atoms with Crippen LogP contribution in [-0.4, -0.2) is 48.1 Å². The summed E-state index contributed by atoms with van der Waals surface area (Å²) < 4.78 is 4.75. The molecular weight excluding hydrogens is 372 g/mol. The molecule has 2 aliphatic heterocycles. The summed E-state index contributed by atoms with van der Waals surface area (Å²) in [6, 6.07) is 5.68. The van der Waals surface area contributed by atoms with E-state index in [0.717, 1.165) is 0 Å². The van der Waals surface area contributed by atoms with Crippen LogP contribution in [0, 0.1) is 10.1 Å². The molecule has 0 radical (unpaired) electrons. The Labute approximate surface area is 161 Å². The first kappa shape index (κ1) is 19.6. The number of β-lactam (4-membered cyclic amide) rings is 1. The molecule has 9 heteroatoms. The average molecular weight is 394 g/mol. The van der Waals surface area contributed by atoms with Crippen molar-refractivity contribution in [1.82, 2.24) is 4.90 Å². The number of aliphatic hydroxyl groups is 1. The van der Waals surface area contributed by atoms with Crippen LogP contribution in [0.3, 0.4) is 0 Å². The van der Waals surface area contributed by atoms with E-state index in [1.807, 2.05) is 13.8 Å². The van der Waals surface area contributed by atoms with E-state index in [2.05, 4.69) is 0 Å². The van der Waals surface area contributed by atoms with Gasteiger partial charge in [-0.25, -0.2) is 4.79 Å². The number of nitro groups is 1. The molecule has 8 nitrogen and oxygen atoms in total. The molecule has 0 aliphatic carbocycles. The number of thioether (sulfide) groups is 1. The normalized spacial score (nSPS) is 26.3. The minimum atomic E-state index is -1.53. The molecule has 1 aromatic carbocycles. The Morgan fingerprint density at radius 3 is 2.48 bits per heavy atom. The van der Waals surface area contributed by atoms with Crippen molar-refractivity contribution in [2.24, 2.45) is 0 Å². The van der Waals surface area contributed by atoms with Gasteiger partial charge in [-0.3, -0.25) is 14.9 Å². The smallest absolute Gasteiger partial charge is 0.336 e. The van der Waals surface area contributed by atoms with Crippen LogP contribution < -0.4 is 0 Å². The lowest BCUT2D eigenvalue weighted by Crippen LogP contribution is -2.76. The molecule has 3 rings (SSSR count). The van der Waals surface area contributed by atoms with E-state index >= 15 is 0 Å². The summed E-state index contributed by atoms with van der Waals surface area (Å²) in [5.41, 5.74) is -2.53. The highest BCUT2D eigenvalue weighted by Crippen LogP contribution is 2.60. The maximum atomic E-state index is 13.2. The van der Waals surface area contributed by atoms with Crippen molar-refractivity contribution >= 4 is 29.3 Å². The van der Waals surface area contributed by atoms with Crippen molar-refractivity contribution in [2.45, 2.75) is 62.0 Å². The Bertz CT molecular complexity index is 801. The van der Waals surface area contributed by atoms with Gasteiger partial charge in [0.2, 0.25) is 5.91 Å². The van der Waals surface area contributed by atoms with Crippen LogP contribution in [0.5, 0.6) is 0 Å². The van der Waals surface area contributed by atoms with Crippen molar-refractivity contribution in [1.29, 1.82) is 0 Å². The first-order valence-corrected chi connectivity index (χ1v) is 9.43. The number of nitrogens with zero attached hydrogens (tertiary/aromatic N) is 2. The lowest BCUT2D eigenvalue weighted by atomic mass is 9.70. The maximum Gasteiger partial charge on any atom is 0.336 e. The lowest BCUT2D eigenvalue weighted by Gasteiger charge is -2.53. The van der Waals surface area contributed by atoms with E-state index in [1.54, 1.807) is 0 Å². The van der Waals surface area contributed by atoms with E-state index in [9.17, 15) is 24.8 Å². The van der Waals surface area contributed by atoms with Crippen molar-refractivity contribution < 1.29 is 24.4 Å². The van der Waals surface area contributed by atoms with Gasteiger partial charge in [-0.05, 0) is 45.4 Å². The average Bonchev–Trinajstić information content (AvgIpc) is 2.75. The van der Waals surface area contributed by atoms with Crippen LogP contribution in [0.15, 0.2) is 24.3 Å². The molecule has 2 saturated heterocycles. The van der Waals surface area contributed by atoms with Gasteiger partial charge in [-0.1, -0.05) is 0 Å². The second-order valence-electron chi connectivity index (χ2n) is 7.82. The van der Waals surface area contributed by atoms with Gasteiger partial charge in [0.15, 0.2) is 5.54 Å². The molecule has 0 saturated carbocycles. The van der Waals surface area contributed by atoms with Crippen LogP contribution in [0.1, 0.15) is 39.7 Å². The second kappa shape index (κ2) is 6.20.